The lowest BCUT2D eigenvalue weighted by Gasteiger charge is -2.18. The van der Waals surface area contributed by atoms with E-state index in [-0.39, 0.29) is 0 Å². The van der Waals surface area contributed by atoms with Gasteiger partial charge in [-0.05, 0) is 40.3 Å². The van der Waals surface area contributed by atoms with E-state index in [2.05, 4.69) is 0 Å². The van der Waals surface area contributed by atoms with Gasteiger partial charge in [0.15, 0.2) is 11.5 Å². The molecule has 2 atom stereocenters. The first-order valence-corrected chi connectivity index (χ1v) is 6.01. The largest absolute Gasteiger partial charge is 0.493 e. The second-order valence-corrected chi connectivity index (χ2v) is 4.60. The van der Waals surface area contributed by atoms with Gasteiger partial charge in [0.1, 0.15) is 12.2 Å². The molecule has 0 spiro atoms. The number of benzene rings is 1. The van der Waals surface area contributed by atoms with E-state index < -0.39 is 18.8 Å². The van der Waals surface area contributed by atoms with E-state index in [9.17, 15) is 10.2 Å². The van der Waals surface area contributed by atoms with E-state index >= 15 is 0 Å². The van der Waals surface area contributed by atoms with Gasteiger partial charge >= 0.3 is 0 Å². The molecule has 0 aliphatic carbocycles. The molecule has 0 aromatic heterocycles. The first-order valence-electron chi connectivity index (χ1n) is 4.93. The highest BCUT2D eigenvalue weighted by Crippen LogP contribution is 2.35. The quantitative estimate of drug-likeness (QED) is 0.679. The molecule has 0 saturated carbocycles. The summed E-state index contributed by atoms with van der Waals surface area (Å²) in [5.41, 5.74) is 0.466. The Balaban J connectivity index is 3.15. The van der Waals surface area contributed by atoms with Crippen LogP contribution in [-0.4, -0.2) is 42.3 Å². The van der Waals surface area contributed by atoms with Crippen LogP contribution in [0.4, 0.5) is 0 Å². The molecule has 1 aromatic carbocycles. The number of hydrogen-bond acceptors (Lipinski definition) is 5. The van der Waals surface area contributed by atoms with Gasteiger partial charge in [-0.3, -0.25) is 0 Å². The van der Waals surface area contributed by atoms with Crippen LogP contribution in [0.2, 0.25) is 0 Å². The molecule has 0 amide bonds. The number of rotatable bonds is 5. The molecular weight excluding hydrogens is 339 g/mol. The molecule has 0 bridgehead atoms. The molecule has 0 fully saturated rings. The molecule has 17 heavy (non-hydrogen) atoms. The van der Waals surface area contributed by atoms with Gasteiger partial charge in [-0.15, -0.1) is 0 Å². The monoisotopic (exact) mass is 354 g/mol. The Labute approximate surface area is 113 Å². The third-order valence-corrected chi connectivity index (χ3v) is 3.15. The third-order valence-electron chi connectivity index (χ3n) is 2.35. The summed E-state index contributed by atoms with van der Waals surface area (Å²) in [4.78, 5) is 0. The maximum Gasteiger partial charge on any atom is 0.174 e. The van der Waals surface area contributed by atoms with Crippen molar-refractivity contribution in [2.45, 2.75) is 12.2 Å². The normalized spacial score (nSPS) is 14.2. The van der Waals surface area contributed by atoms with Crippen molar-refractivity contribution in [3.63, 3.8) is 0 Å². The van der Waals surface area contributed by atoms with Crippen LogP contribution in [-0.2, 0) is 0 Å². The first-order chi connectivity index (χ1) is 8.04. The van der Waals surface area contributed by atoms with Gasteiger partial charge in [-0.1, -0.05) is 0 Å². The molecule has 96 valence electrons. The SMILES string of the molecule is COc1cc(C(O)C(O)CO)cc(I)c1OC. The lowest BCUT2D eigenvalue weighted by Crippen LogP contribution is -2.22. The van der Waals surface area contributed by atoms with E-state index in [0.717, 1.165) is 3.57 Å². The molecule has 0 radical (unpaired) electrons. The summed E-state index contributed by atoms with van der Waals surface area (Å²) in [6.07, 6.45) is -2.38. The van der Waals surface area contributed by atoms with Crippen molar-refractivity contribution >= 4 is 22.6 Å². The van der Waals surface area contributed by atoms with Crippen LogP contribution in [0.5, 0.6) is 11.5 Å². The van der Waals surface area contributed by atoms with Gasteiger partial charge in [-0.2, -0.15) is 0 Å². The van der Waals surface area contributed by atoms with Crippen molar-refractivity contribution in [1.82, 2.24) is 0 Å². The lowest BCUT2D eigenvalue weighted by atomic mass is 10.0. The van der Waals surface area contributed by atoms with Crippen molar-refractivity contribution < 1.29 is 24.8 Å². The van der Waals surface area contributed by atoms with E-state index in [1.165, 1.54) is 14.2 Å². The maximum atomic E-state index is 9.79. The Morgan fingerprint density at radius 2 is 1.88 bits per heavy atom. The Kier molecular flexibility index (Phi) is 5.44. The summed E-state index contributed by atoms with van der Waals surface area (Å²) < 4.78 is 11.1. The second kappa shape index (κ2) is 6.39. The number of halogens is 1. The summed E-state index contributed by atoms with van der Waals surface area (Å²) in [6.45, 7) is -0.508. The standard InChI is InChI=1S/C11H15IO5/c1-16-9-4-6(10(15)8(14)5-13)3-7(12)11(9)17-2/h3-4,8,10,13-15H,5H2,1-2H3. The number of aliphatic hydroxyl groups is 3. The van der Waals surface area contributed by atoms with Crippen LogP contribution >= 0.6 is 22.6 Å². The molecular formula is C11H15IO5. The van der Waals surface area contributed by atoms with Crippen LogP contribution in [0, 0.1) is 3.57 Å². The van der Waals surface area contributed by atoms with Crippen molar-refractivity contribution in [3.8, 4) is 11.5 Å². The second-order valence-electron chi connectivity index (χ2n) is 3.43. The summed E-state index contributed by atoms with van der Waals surface area (Å²) in [5.74, 6) is 1.04. The molecule has 0 saturated heterocycles. The Morgan fingerprint density at radius 3 is 2.35 bits per heavy atom. The number of ether oxygens (including phenoxy) is 2. The van der Waals surface area contributed by atoms with E-state index in [4.69, 9.17) is 14.6 Å². The molecule has 1 rings (SSSR count). The molecule has 1 aromatic rings. The minimum Gasteiger partial charge on any atom is -0.493 e. The van der Waals surface area contributed by atoms with Gasteiger partial charge in [0.05, 0.1) is 24.4 Å². The summed E-state index contributed by atoms with van der Waals surface area (Å²) >= 11 is 2.04. The highest BCUT2D eigenvalue weighted by molar-refractivity contribution is 14.1. The summed E-state index contributed by atoms with van der Waals surface area (Å²) in [6, 6.07) is 3.25. The fraction of sp³-hybridized carbons (Fsp3) is 0.455. The lowest BCUT2D eigenvalue weighted by molar-refractivity contribution is -0.0153. The number of methoxy groups -OCH3 is 2. The predicted octanol–water partition coefficient (Wildman–Crippen LogP) is 0.695. The molecule has 0 aliphatic heterocycles. The highest BCUT2D eigenvalue weighted by Gasteiger charge is 2.20. The zero-order valence-corrected chi connectivity index (χ0v) is 11.7. The number of hydrogen-bond donors (Lipinski definition) is 3. The fourth-order valence-electron chi connectivity index (χ4n) is 1.43. The minimum atomic E-state index is -1.22. The predicted molar refractivity (Wildman–Crippen MR) is 70.3 cm³/mol. The molecule has 0 aliphatic rings. The fourth-order valence-corrected chi connectivity index (χ4v) is 2.28. The smallest absolute Gasteiger partial charge is 0.174 e. The van der Waals surface area contributed by atoms with Crippen LogP contribution in [0.1, 0.15) is 11.7 Å². The van der Waals surface area contributed by atoms with Crippen molar-refractivity contribution in [2.24, 2.45) is 0 Å². The van der Waals surface area contributed by atoms with Crippen LogP contribution in [0.3, 0.4) is 0 Å². The summed E-state index contributed by atoms with van der Waals surface area (Å²) in [7, 11) is 3.02. The van der Waals surface area contributed by atoms with Crippen molar-refractivity contribution in [3.05, 3.63) is 21.3 Å². The molecule has 2 unspecified atom stereocenters. The van der Waals surface area contributed by atoms with Gasteiger partial charge in [0, 0.05) is 0 Å². The zero-order chi connectivity index (χ0) is 13.0. The van der Waals surface area contributed by atoms with Gasteiger partial charge in [0.2, 0.25) is 0 Å². The van der Waals surface area contributed by atoms with E-state index in [0.29, 0.717) is 17.1 Å². The van der Waals surface area contributed by atoms with Crippen molar-refractivity contribution in [2.75, 3.05) is 20.8 Å². The Morgan fingerprint density at radius 1 is 1.24 bits per heavy atom. The highest BCUT2D eigenvalue weighted by atomic mass is 127. The average Bonchev–Trinajstić information content (AvgIpc) is 2.35. The van der Waals surface area contributed by atoms with E-state index in [1.807, 2.05) is 22.6 Å². The van der Waals surface area contributed by atoms with E-state index in [1.54, 1.807) is 12.1 Å². The topological polar surface area (TPSA) is 79.2 Å². The third kappa shape index (κ3) is 3.21. The van der Waals surface area contributed by atoms with Gasteiger partial charge in [-0.25, -0.2) is 0 Å². The zero-order valence-electron chi connectivity index (χ0n) is 9.55. The molecule has 3 N–H and O–H groups in total. The Bertz CT molecular complexity index is 382. The molecule has 5 nitrogen and oxygen atoms in total. The summed E-state index contributed by atoms with van der Waals surface area (Å²) in [5, 5.41) is 28.0. The Hall–Kier alpha value is -0.570. The first kappa shape index (κ1) is 14.5. The van der Waals surface area contributed by atoms with Crippen LogP contribution < -0.4 is 9.47 Å². The maximum absolute atomic E-state index is 9.79. The molecule has 6 heteroatoms. The molecule has 0 heterocycles. The van der Waals surface area contributed by atoms with Gasteiger partial charge < -0.3 is 24.8 Å². The van der Waals surface area contributed by atoms with Crippen LogP contribution in [0.25, 0.3) is 0 Å². The van der Waals surface area contributed by atoms with Crippen molar-refractivity contribution in [1.29, 1.82) is 0 Å². The number of aliphatic hydroxyl groups excluding tert-OH is 3. The van der Waals surface area contributed by atoms with Gasteiger partial charge in [0.25, 0.3) is 0 Å². The minimum absolute atomic E-state index is 0.466. The van der Waals surface area contributed by atoms with Crippen LogP contribution in [0.15, 0.2) is 12.1 Å². The average molecular weight is 354 g/mol.